The van der Waals surface area contributed by atoms with Crippen LogP contribution >= 0.6 is 0 Å². The van der Waals surface area contributed by atoms with Crippen molar-refractivity contribution in [2.24, 2.45) is 0 Å². The molecule has 0 aliphatic heterocycles. The number of nitrogens with zero attached hydrogens (tertiary/aromatic N) is 2. The molecule has 2 aromatic rings. The Morgan fingerprint density at radius 1 is 1.38 bits per heavy atom. The summed E-state index contributed by atoms with van der Waals surface area (Å²) in [5, 5.41) is 9.27. The van der Waals surface area contributed by atoms with Crippen LogP contribution in [-0.2, 0) is 11.3 Å². The fourth-order valence-corrected chi connectivity index (χ4v) is 2.01. The Morgan fingerprint density at radius 2 is 2.14 bits per heavy atom. The van der Waals surface area contributed by atoms with E-state index >= 15 is 0 Å². The van der Waals surface area contributed by atoms with Gasteiger partial charge in [-0.05, 0) is 17.7 Å². The lowest BCUT2D eigenvalue weighted by molar-refractivity contribution is 0.0972. The number of aromatic nitrogens is 1. The highest BCUT2D eigenvalue weighted by molar-refractivity contribution is 6.03. The Bertz CT molecular complexity index is 677. The summed E-state index contributed by atoms with van der Waals surface area (Å²) < 4.78 is 17.9. The summed E-state index contributed by atoms with van der Waals surface area (Å²) in [6.45, 7) is 0.275. The first-order valence-corrected chi connectivity index (χ1v) is 6.29. The molecular weight excluding hydrogens is 271 g/mol. The highest BCUT2D eigenvalue weighted by Crippen LogP contribution is 2.21. The standard InChI is InChI=1S/C16H13FN2O2/c1-21-10-11-4-2-3-5-13(11)16(20)14(8-18)15-7-6-12(17)9-19-15/h2-7,9,14H,10H2,1H3. The van der Waals surface area contributed by atoms with Gasteiger partial charge in [0, 0.05) is 12.7 Å². The third kappa shape index (κ3) is 3.30. The lowest BCUT2D eigenvalue weighted by atomic mass is 9.92. The molecule has 0 amide bonds. The van der Waals surface area contributed by atoms with Crippen LogP contribution in [0.3, 0.4) is 0 Å². The van der Waals surface area contributed by atoms with Crippen LogP contribution in [0.4, 0.5) is 4.39 Å². The second-order valence-electron chi connectivity index (χ2n) is 4.42. The minimum Gasteiger partial charge on any atom is -0.380 e. The first kappa shape index (κ1) is 14.8. The SMILES string of the molecule is COCc1ccccc1C(=O)C(C#N)c1ccc(F)cn1. The molecule has 1 aromatic carbocycles. The predicted octanol–water partition coefficient (Wildman–Crippen LogP) is 2.86. The molecule has 2 rings (SSSR count). The van der Waals surface area contributed by atoms with Crippen LogP contribution in [-0.4, -0.2) is 17.9 Å². The fraction of sp³-hybridized carbons (Fsp3) is 0.188. The smallest absolute Gasteiger partial charge is 0.186 e. The molecule has 21 heavy (non-hydrogen) atoms. The van der Waals surface area contributed by atoms with Crippen LogP contribution in [0.2, 0.25) is 0 Å². The molecule has 0 aliphatic carbocycles. The van der Waals surface area contributed by atoms with Crippen molar-refractivity contribution in [1.29, 1.82) is 5.26 Å². The zero-order chi connectivity index (χ0) is 15.2. The molecule has 0 fully saturated rings. The summed E-state index contributed by atoms with van der Waals surface area (Å²) in [5.41, 5.74) is 1.35. The number of hydrogen-bond donors (Lipinski definition) is 0. The Balaban J connectivity index is 2.37. The molecule has 0 aliphatic rings. The molecule has 0 bridgehead atoms. The van der Waals surface area contributed by atoms with Gasteiger partial charge in [-0.15, -0.1) is 0 Å². The molecule has 0 saturated carbocycles. The number of benzene rings is 1. The third-order valence-electron chi connectivity index (χ3n) is 3.02. The molecule has 0 N–H and O–H groups in total. The summed E-state index contributed by atoms with van der Waals surface area (Å²) in [6, 6.07) is 11.4. The van der Waals surface area contributed by atoms with E-state index in [4.69, 9.17) is 4.74 Å². The van der Waals surface area contributed by atoms with Crippen LogP contribution < -0.4 is 0 Å². The van der Waals surface area contributed by atoms with E-state index in [0.717, 1.165) is 6.20 Å². The summed E-state index contributed by atoms with van der Waals surface area (Å²) in [7, 11) is 1.53. The van der Waals surface area contributed by atoms with E-state index in [2.05, 4.69) is 4.98 Å². The highest BCUT2D eigenvalue weighted by Gasteiger charge is 2.24. The summed E-state index contributed by atoms with van der Waals surface area (Å²) >= 11 is 0. The fourth-order valence-electron chi connectivity index (χ4n) is 2.01. The van der Waals surface area contributed by atoms with Crippen molar-refractivity contribution in [3.8, 4) is 6.07 Å². The van der Waals surface area contributed by atoms with Crippen LogP contribution in [0.15, 0.2) is 42.6 Å². The van der Waals surface area contributed by atoms with Gasteiger partial charge in [-0.1, -0.05) is 24.3 Å². The van der Waals surface area contributed by atoms with Gasteiger partial charge in [0.1, 0.15) is 5.82 Å². The topological polar surface area (TPSA) is 63.0 Å². The van der Waals surface area contributed by atoms with Gasteiger partial charge in [-0.3, -0.25) is 9.78 Å². The number of ether oxygens (including phenoxy) is 1. The molecule has 1 aromatic heterocycles. The summed E-state index contributed by atoms with van der Waals surface area (Å²) in [4.78, 5) is 16.4. The van der Waals surface area contributed by atoms with Crippen molar-refractivity contribution < 1.29 is 13.9 Å². The second-order valence-corrected chi connectivity index (χ2v) is 4.42. The van der Waals surface area contributed by atoms with E-state index in [9.17, 15) is 14.4 Å². The highest BCUT2D eigenvalue weighted by atomic mass is 19.1. The minimum atomic E-state index is -1.07. The Hall–Kier alpha value is -2.58. The average Bonchev–Trinajstić information content (AvgIpc) is 2.50. The van der Waals surface area contributed by atoms with Gasteiger partial charge in [0.25, 0.3) is 0 Å². The van der Waals surface area contributed by atoms with Gasteiger partial charge < -0.3 is 4.74 Å². The third-order valence-corrected chi connectivity index (χ3v) is 3.02. The van der Waals surface area contributed by atoms with E-state index in [1.54, 1.807) is 24.3 Å². The Morgan fingerprint density at radius 3 is 2.76 bits per heavy atom. The number of halogens is 1. The summed E-state index contributed by atoms with van der Waals surface area (Å²) in [5.74, 6) is -1.95. The number of carbonyl (C=O) groups is 1. The molecular formula is C16H13FN2O2. The zero-order valence-electron chi connectivity index (χ0n) is 11.4. The van der Waals surface area contributed by atoms with E-state index in [1.807, 2.05) is 6.07 Å². The maximum absolute atomic E-state index is 12.9. The predicted molar refractivity (Wildman–Crippen MR) is 74.0 cm³/mol. The quantitative estimate of drug-likeness (QED) is 0.792. The number of ketones is 1. The Labute approximate surface area is 121 Å². The van der Waals surface area contributed by atoms with Crippen LogP contribution in [0, 0.1) is 17.1 Å². The van der Waals surface area contributed by atoms with Gasteiger partial charge in [-0.2, -0.15) is 5.26 Å². The number of carbonyl (C=O) groups excluding carboxylic acids is 1. The van der Waals surface area contributed by atoms with Gasteiger partial charge in [-0.25, -0.2) is 4.39 Å². The minimum absolute atomic E-state index is 0.233. The van der Waals surface area contributed by atoms with E-state index in [0.29, 0.717) is 11.1 Å². The first-order chi connectivity index (χ1) is 10.2. The van der Waals surface area contributed by atoms with Gasteiger partial charge in [0.05, 0.1) is 24.6 Å². The van der Waals surface area contributed by atoms with Crippen molar-refractivity contribution >= 4 is 5.78 Å². The molecule has 106 valence electrons. The number of rotatable bonds is 5. The van der Waals surface area contributed by atoms with Crippen molar-refractivity contribution in [3.05, 3.63) is 65.2 Å². The maximum Gasteiger partial charge on any atom is 0.186 e. The van der Waals surface area contributed by atoms with Crippen molar-refractivity contribution in [2.45, 2.75) is 12.5 Å². The Kier molecular flexibility index (Phi) is 4.75. The van der Waals surface area contributed by atoms with Gasteiger partial charge in [0.15, 0.2) is 11.7 Å². The van der Waals surface area contributed by atoms with Crippen LogP contribution in [0.5, 0.6) is 0 Å². The molecule has 1 atom stereocenters. The van der Waals surface area contributed by atoms with E-state index in [-0.39, 0.29) is 18.1 Å². The largest absolute Gasteiger partial charge is 0.380 e. The second kappa shape index (κ2) is 6.73. The van der Waals surface area contributed by atoms with Crippen molar-refractivity contribution in [2.75, 3.05) is 7.11 Å². The van der Waals surface area contributed by atoms with Gasteiger partial charge in [0.2, 0.25) is 0 Å². The molecule has 0 spiro atoms. The normalized spacial score (nSPS) is 11.7. The summed E-state index contributed by atoms with van der Waals surface area (Å²) in [6.07, 6.45) is 0.994. The lowest BCUT2D eigenvalue weighted by Gasteiger charge is -2.11. The zero-order valence-corrected chi connectivity index (χ0v) is 11.4. The first-order valence-electron chi connectivity index (χ1n) is 6.29. The molecule has 0 saturated heterocycles. The number of nitriles is 1. The number of methoxy groups -OCH3 is 1. The molecule has 4 nitrogen and oxygen atoms in total. The van der Waals surface area contributed by atoms with E-state index in [1.165, 1.54) is 19.2 Å². The van der Waals surface area contributed by atoms with Crippen molar-refractivity contribution in [1.82, 2.24) is 4.98 Å². The number of hydrogen-bond acceptors (Lipinski definition) is 4. The molecule has 1 heterocycles. The molecule has 1 unspecified atom stereocenters. The van der Waals surface area contributed by atoms with Crippen LogP contribution in [0.1, 0.15) is 27.5 Å². The number of pyridine rings is 1. The van der Waals surface area contributed by atoms with E-state index < -0.39 is 11.7 Å². The number of Topliss-reactive ketones (excluding diaryl/α,β-unsaturated/α-hetero) is 1. The monoisotopic (exact) mass is 284 g/mol. The van der Waals surface area contributed by atoms with Gasteiger partial charge >= 0.3 is 0 Å². The average molecular weight is 284 g/mol. The van der Waals surface area contributed by atoms with Crippen molar-refractivity contribution in [3.63, 3.8) is 0 Å². The molecule has 0 radical (unpaired) electrons. The van der Waals surface area contributed by atoms with Crippen LogP contribution in [0.25, 0.3) is 0 Å². The molecule has 5 heteroatoms. The lowest BCUT2D eigenvalue weighted by Crippen LogP contribution is -2.15. The maximum atomic E-state index is 12.9.